The van der Waals surface area contributed by atoms with Crippen molar-refractivity contribution in [3.63, 3.8) is 0 Å². The third-order valence-electron chi connectivity index (χ3n) is 3.06. The van der Waals surface area contributed by atoms with Crippen molar-refractivity contribution in [1.82, 2.24) is 0 Å². The zero-order valence-corrected chi connectivity index (χ0v) is 11.5. The molecule has 6 heteroatoms. The molecule has 0 unspecified atom stereocenters. The molecule has 0 aliphatic heterocycles. The zero-order chi connectivity index (χ0) is 15.2. The largest absolute Gasteiger partial charge is 0.380 e. The van der Waals surface area contributed by atoms with Crippen LogP contribution in [0.2, 0.25) is 0 Å². The predicted molar refractivity (Wildman–Crippen MR) is 77.5 cm³/mol. The van der Waals surface area contributed by atoms with E-state index in [-0.39, 0.29) is 5.69 Å². The lowest BCUT2D eigenvalue weighted by atomic mass is 10.1. The summed E-state index contributed by atoms with van der Waals surface area (Å²) in [6.45, 7) is 0.799. The molecular formula is C15H15FN2O3. The smallest absolute Gasteiger partial charge is 0.327 e. The summed E-state index contributed by atoms with van der Waals surface area (Å²) in [4.78, 5) is 10.2. The molecule has 2 rings (SSSR count). The molecule has 0 aliphatic carbocycles. The maximum atomic E-state index is 13.5. The Morgan fingerprint density at radius 3 is 2.57 bits per heavy atom. The molecular weight excluding hydrogens is 275 g/mol. The van der Waals surface area contributed by atoms with Crippen LogP contribution in [-0.4, -0.2) is 12.0 Å². The number of methoxy groups -OCH3 is 1. The predicted octanol–water partition coefficient (Wildman–Crippen LogP) is 3.49. The average Bonchev–Trinajstić information content (AvgIpc) is 2.46. The van der Waals surface area contributed by atoms with Crippen LogP contribution in [0.4, 0.5) is 15.8 Å². The van der Waals surface area contributed by atoms with Gasteiger partial charge in [0.2, 0.25) is 5.82 Å². The quantitative estimate of drug-likeness (QED) is 0.653. The molecule has 0 aliphatic rings. The van der Waals surface area contributed by atoms with Crippen molar-refractivity contribution >= 4 is 11.4 Å². The molecule has 0 fully saturated rings. The number of nitro benzene ring substituents is 1. The Balaban J connectivity index is 2.21. The molecule has 2 aromatic carbocycles. The molecule has 2 aromatic rings. The number of benzene rings is 2. The molecule has 0 heterocycles. The van der Waals surface area contributed by atoms with Crippen LogP contribution in [0.1, 0.15) is 11.1 Å². The van der Waals surface area contributed by atoms with Crippen LogP contribution in [0.25, 0.3) is 0 Å². The average molecular weight is 290 g/mol. The summed E-state index contributed by atoms with van der Waals surface area (Å²) in [7, 11) is 1.60. The lowest BCUT2D eigenvalue weighted by Crippen LogP contribution is -2.06. The van der Waals surface area contributed by atoms with Crippen molar-refractivity contribution in [2.75, 3.05) is 12.4 Å². The Morgan fingerprint density at radius 1 is 1.19 bits per heavy atom. The molecule has 0 amide bonds. The summed E-state index contributed by atoms with van der Waals surface area (Å²) in [5, 5.41) is 13.8. The van der Waals surface area contributed by atoms with Gasteiger partial charge in [0.05, 0.1) is 11.5 Å². The minimum atomic E-state index is -0.852. The van der Waals surface area contributed by atoms with Crippen molar-refractivity contribution in [3.05, 3.63) is 69.5 Å². The molecule has 0 spiro atoms. The first kappa shape index (κ1) is 14.9. The summed E-state index contributed by atoms with van der Waals surface area (Å²) in [5.41, 5.74) is 1.54. The van der Waals surface area contributed by atoms with Crippen LogP contribution in [-0.2, 0) is 17.9 Å². The Kier molecular flexibility index (Phi) is 4.84. The van der Waals surface area contributed by atoms with E-state index in [0.29, 0.717) is 13.2 Å². The fourth-order valence-electron chi connectivity index (χ4n) is 2.06. The number of anilines is 1. The number of rotatable bonds is 6. The highest BCUT2D eigenvalue weighted by atomic mass is 19.1. The number of hydrogen-bond donors (Lipinski definition) is 1. The first-order valence-corrected chi connectivity index (χ1v) is 6.36. The van der Waals surface area contributed by atoms with Crippen molar-refractivity contribution < 1.29 is 14.1 Å². The lowest BCUT2D eigenvalue weighted by Gasteiger charge is -2.11. The van der Waals surface area contributed by atoms with Gasteiger partial charge in [0.1, 0.15) is 5.69 Å². The van der Waals surface area contributed by atoms with E-state index in [1.54, 1.807) is 7.11 Å². The van der Waals surface area contributed by atoms with E-state index in [1.165, 1.54) is 12.1 Å². The fraction of sp³-hybridized carbons (Fsp3) is 0.200. The van der Waals surface area contributed by atoms with Crippen LogP contribution >= 0.6 is 0 Å². The lowest BCUT2D eigenvalue weighted by molar-refractivity contribution is -0.386. The number of ether oxygens (including phenoxy) is 1. The van der Waals surface area contributed by atoms with Crippen molar-refractivity contribution in [2.24, 2.45) is 0 Å². The van der Waals surface area contributed by atoms with E-state index < -0.39 is 16.4 Å². The van der Waals surface area contributed by atoms with Crippen molar-refractivity contribution in [2.45, 2.75) is 13.2 Å². The van der Waals surface area contributed by atoms with Gasteiger partial charge < -0.3 is 10.1 Å². The van der Waals surface area contributed by atoms with Crippen molar-refractivity contribution in [3.8, 4) is 0 Å². The Labute approximate surface area is 121 Å². The number of para-hydroxylation sites is 1. The van der Waals surface area contributed by atoms with Crippen LogP contribution < -0.4 is 5.32 Å². The van der Waals surface area contributed by atoms with E-state index in [4.69, 9.17) is 4.74 Å². The van der Waals surface area contributed by atoms with Gasteiger partial charge in [0.25, 0.3) is 0 Å². The number of nitrogens with zero attached hydrogens (tertiary/aromatic N) is 1. The number of nitrogens with one attached hydrogen (secondary N) is 1. The highest BCUT2D eigenvalue weighted by Crippen LogP contribution is 2.27. The Hall–Kier alpha value is -2.47. The number of halogens is 1. The second-order valence-electron chi connectivity index (χ2n) is 4.45. The third kappa shape index (κ3) is 3.55. The molecule has 0 bridgehead atoms. The summed E-state index contributed by atoms with van der Waals surface area (Å²) >= 11 is 0. The summed E-state index contributed by atoms with van der Waals surface area (Å²) in [6.07, 6.45) is 0. The molecule has 1 N–H and O–H groups in total. The van der Waals surface area contributed by atoms with Crippen LogP contribution in [0, 0.1) is 15.9 Å². The second kappa shape index (κ2) is 6.81. The number of nitro groups is 1. The van der Waals surface area contributed by atoms with E-state index in [2.05, 4.69) is 5.32 Å². The van der Waals surface area contributed by atoms with Crippen LogP contribution in [0.15, 0.2) is 42.5 Å². The second-order valence-corrected chi connectivity index (χ2v) is 4.45. The minimum absolute atomic E-state index is 0.159. The third-order valence-corrected chi connectivity index (χ3v) is 3.06. The molecule has 110 valence electrons. The van der Waals surface area contributed by atoms with Gasteiger partial charge in [-0.15, -0.1) is 0 Å². The normalized spacial score (nSPS) is 10.4. The van der Waals surface area contributed by atoms with Gasteiger partial charge in [-0.1, -0.05) is 30.3 Å². The SMILES string of the molecule is COCc1ccccc1CNc1cccc(F)c1[N+](=O)[O-]. The highest BCUT2D eigenvalue weighted by Gasteiger charge is 2.19. The maximum absolute atomic E-state index is 13.5. The van der Waals surface area contributed by atoms with E-state index in [9.17, 15) is 14.5 Å². The van der Waals surface area contributed by atoms with E-state index in [0.717, 1.165) is 17.2 Å². The maximum Gasteiger partial charge on any atom is 0.327 e. The molecule has 0 saturated heterocycles. The first-order chi connectivity index (χ1) is 10.1. The molecule has 0 saturated carbocycles. The van der Waals surface area contributed by atoms with Gasteiger partial charge in [0, 0.05) is 13.7 Å². The van der Waals surface area contributed by atoms with Crippen molar-refractivity contribution in [1.29, 1.82) is 0 Å². The zero-order valence-electron chi connectivity index (χ0n) is 11.5. The molecule has 0 radical (unpaired) electrons. The monoisotopic (exact) mass is 290 g/mol. The molecule has 0 atom stereocenters. The summed E-state index contributed by atoms with van der Waals surface area (Å²) < 4.78 is 18.6. The van der Waals surface area contributed by atoms with Gasteiger partial charge in [-0.05, 0) is 23.3 Å². The van der Waals surface area contributed by atoms with Crippen LogP contribution in [0.3, 0.4) is 0 Å². The van der Waals surface area contributed by atoms with Gasteiger partial charge in [-0.3, -0.25) is 10.1 Å². The molecule has 5 nitrogen and oxygen atoms in total. The van der Waals surface area contributed by atoms with Gasteiger partial charge in [-0.2, -0.15) is 4.39 Å². The van der Waals surface area contributed by atoms with Gasteiger partial charge in [0.15, 0.2) is 0 Å². The summed E-state index contributed by atoms with van der Waals surface area (Å²) in [6, 6.07) is 11.6. The molecule has 21 heavy (non-hydrogen) atoms. The van der Waals surface area contributed by atoms with Gasteiger partial charge >= 0.3 is 5.69 Å². The highest BCUT2D eigenvalue weighted by molar-refractivity contribution is 5.62. The topological polar surface area (TPSA) is 64.4 Å². The molecule has 0 aromatic heterocycles. The van der Waals surface area contributed by atoms with E-state index >= 15 is 0 Å². The Bertz CT molecular complexity index is 647. The number of hydrogen-bond acceptors (Lipinski definition) is 4. The van der Waals surface area contributed by atoms with Gasteiger partial charge in [-0.25, -0.2) is 0 Å². The fourth-order valence-corrected chi connectivity index (χ4v) is 2.06. The van der Waals surface area contributed by atoms with Crippen LogP contribution in [0.5, 0.6) is 0 Å². The summed E-state index contributed by atoms with van der Waals surface area (Å²) in [5.74, 6) is -0.852. The Morgan fingerprint density at radius 2 is 1.90 bits per heavy atom. The first-order valence-electron chi connectivity index (χ1n) is 6.36. The standard InChI is InChI=1S/C15H15FN2O3/c1-21-10-12-6-3-2-5-11(12)9-17-14-8-4-7-13(16)15(14)18(19)20/h2-8,17H,9-10H2,1H3. The van der Waals surface area contributed by atoms with E-state index in [1.807, 2.05) is 24.3 Å². The minimum Gasteiger partial charge on any atom is -0.380 e.